The van der Waals surface area contributed by atoms with E-state index in [1.165, 1.54) is 11.3 Å². The minimum Gasteiger partial charge on any atom is -0.496 e. The molecule has 2 aromatic rings. The van der Waals surface area contributed by atoms with Gasteiger partial charge in [0, 0.05) is 36.6 Å². The Hall–Kier alpha value is -1.74. The normalized spacial score (nSPS) is 12.4. The molecule has 0 aliphatic rings. The number of hydrogen-bond acceptors (Lipinski definition) is 2. The van der Waals surface area contributed by atoms with Gasteiger partial charge in [0.05, 0.1) is 7.11 Å². The van der Waals surface area contributed by atoms with Gasteiger partial charge in [0.15, 0.2) is 0 Å². The van der Waals surface area contributed by atoms with Crippen LogP contribution in [0.1, 0.15) is 31.1 Å². The van der Waals surface area contributed by atoms with Crippen LogP contribution in [0.4, 0.5) is 0 Å². The lowest BCUT2D eigenvalue weighted by molar-refractivity contribution is 0.401. The molecule has 0 amide bonds. The molecule has 1 N–H and O–H groups in total. The number of hydrogen-bond donors (Lipinski definition) is 1. The van der Waals surface area contributed by atoms with Crippen LogP contribution in [-0.2, 0) is 13.1 Å². The SMILES string of the molecule is CCn1cccc1CNC(C)c1ccccc1OC. The summed E-state index contributed by atoms with van der Waals surface area (Å²) in [5.41, 5.74) is 2.50. The number of methoxy groups -OCH3 is 1. The van der Waals surface area contributed by atoms with Gasteiger partial charge in [-0.25, -0.2) is 0 Å². The van der Waals surface area contributed by atoms with Crippen LogP contribution in [0, 0.1) is 0 Å². The quantitative estimate of drug-likeness (QED) is 0.859. The molecule has 3 nitrogen and oxygen atoms in total. The summed E-state index contributed by atoms with van der Waals surface area (Å²) in [4.78, 5) is 0. The molecule has 3 heteroatoms. The van der Waals surface area contributed by atoms with Gasteiger partial charge in [-0.15, -0.1) is 0 Å². The maximum atomic E-state index is 5.40. The van der Waals surface area contributed by atoms with Crippen LogP contribution in [0.2, 0.25) is 0 Å². The Labute approximate surface area is 115 Å². The first-order valence-electron chi connectivity index (χ1n) is 6.76. The van der Waals surface area contributed by atoms with E-state index in [1.54, 1.807) is 7.11 Å². The zero-order chi connectivity index (χ0) is 13.7. The van der Waals surface area contributed by atoms with Gasteiger partial charge < -0.3 is 14.6 Å². The fourth-order valence-electron chi connectivity index (χ4n) is 2.31. The molecule has 0 fully saturated rings. The highest BCUT2D eigenvalue weighted by atomic mass is 16.5. The van der Waals surface area contributed by atoms with Gasteiger partial charge in [0.1, 0.15) is 5.75 Å². The summed E-state index contributed by atoms with van der Waals surface area (Å²) in [5.74, 6) is 0.938. The average Bonchev–Trinajstić information content (AvgIpc) is 2.92. The van der Waals surface area contributed by atoms with Crippen LogP contribution < -0.4 is 10.1 Å². The highest BCUT2D eigenvalue weighted by molar-refractivity contribution is 5.35. The minimum atomic E-state index is 0.261. The third-order valence-electron chi connectivity index (χ3n) is 3.46. The molecule has 1 aromatic heterocycles. The Balaban J connectivity index is 2.03. The van der Waals surface area contributed by atoms with Crippen molar-refractivity contribution in [1.82, 2.24) is 9.88 Å². The van der Waals surface area contributed by atoms with E-state index in [4.69, 9.17) is 4.74 Å². The van der Waals surface area contributed by atoms with Crippen LogP contribution in [-0.4, -0.2) is 11.7 Å². The van der Waals surface area contributed by atoms with Crippen molar-refractivity contribution in [2.75, 3.05) is 7.11 Å². The maximum absolute atomic E-state index is 5.40. The second kappa shape index (κ2) is 6.43. The molecular formula is C16H22N2O. The van der Waals surface area contributed by atoms with E-state index in [0.29, 0.717) is 0 Å². The molecule has 0 saturated carbocycles. The number of nitrogens with one attached hydrogen (secondary N) is 1. The van der Waals surface area contributed by atoms with Crippen LogP contribution in [0.15, 0.2) is 42.6 Å². The highest BCUT2D eigenvalue weighted by Crippen LogP contribution is 2.24. The van der Waals surface area contributed by atoms with E-state index in [0.717, 1.165) is 18.8 Å². The molecule has 102 valence electrons. The summed E-state index contributed by atoms with van der Waals surface area (Å²) >= 11 is 0. The molecule has 1 heterocycles. The second-order valence-corrected chi connectivity index (χ2v) is 4.63. The van der Waals surface area contributed by atoms with Gasteiger partial charge >= 0.3 is 0 Å². The number of rotatable bonds is 6. The molecule has 19 heavy (non-hydrogen) atoms. The summed E-state index contributed by atoms with van der Waals surface area (Å²) in [5, 5.41) is 3.55. The lowest BCUT2D eigenvalue weighted by atomic mass is 10.1. The first-order valence-corrected chi connectivity index (χ1v) is 6.76. The van der Waals surface area contributed by atoms with E-state index < -0.39 is 0 Å². The summed E-state index contributed by atoms with van der Waals surface area (Å²) in [6.07, 6.45) is 2.12. The number of para-hydroxylation sites is 1. The van der Waals surface area contributed by atoms with Crippen LogP contribution in [0.5, 0.6) is 5.75 Å². The summed E-state index contributed by atoms with van der Waals surface area (Å²) in [7, 11) is 1.72. The highest BCUT2D eigenvalue weighted by Gasteiger charge is 2.10. The minimum absolute atomic E-state index is 0.261. The predicted molar refractivity (Wildman–Crippen MR) is 78.4 cm³/mol. The third kappa shape index (κ3) is 3.18. The molecule has 1 atom stereocenters. The van der Waals surface area contributed by atoms with Gasteiger partial charge in [-0.05, 0) is 32.0 Å². The Morgan fingerprint density at radius 2 is 2.00 bits per heavy atom. The molecule has 0 bridgehead atoms. The van der Waals surface area contributed by atoms with Gasteiger partial charge in [0.2, 0.25) is 0 Å². The zero-order valence-electron chi connectivity index (χ0n) is 11.9. The summed E-state index contributed by atoms with van der Waals surface area (Å²) < 4.78 is 7.66. The lowest BCUT2D eigenvalue weighted by Crippen LogP contribution is -2.20. The first kappa shape index (κ1) is 13.7. The van der Waals surface area contributed by atoms with Crippen molar-refractivity contribution in [3.8, 4) is 5.75 Å². The van der Waals surface area contributed by atoms with E-state index in [9.17, 15) is 0 Å². The number of aromatic nitrogens is 1. The van der Waals surface area contributed by atoms with Crippen LogP contribution in [0.3, 0.4) is 0 Å². The van der Waals surface area contributed by atoms with Gasteiger partial charge in [0.25, 0.3) is 0 Å². The van der Waals surface area contributed by atoms with Crippen molar-refractivity contribution in [1.29, 1.82) is 0 Å². The number of nitrogens with zero attached hydrogens (tertiary/aromatic N) is 1. The fraction of sp³-hybridized carbons (Fsp3) is 0.375. The van der Waals surface area contributed by atoms with Crippen LogP contribution >= 0.6 is 0 Å². The van der Waals surface area contributed by atoms with Crippen molar-refractivity contribution in [2.45, 2.75) is 33.0 Å². The van der Waals surface area contributed by atoms with Gasteiger partial charge in [-0.3, -0.25) is 0 Å². The molecule has 1 aromatic carbocycles. The molecule has 1 unspecified atom stereocenters. The lowest BCUT2D eigenvalue weighted by Gasteiger charge is -2.17. The topological polar surface area (TPSA) is 26.2 Å². The standard InChI is InChI=1S/C16H22N2O/c1-4-18-11-7-8-14(18)12-17-13(2)15-9-5-6-10-16(15)19-3/h5-11,13,17H,4,12H2,1-3H3. The second-order valence-electron chi connectivity index (χ2n) is 4.63. The van der Waals surface area contributed by atoms with Gasteiger partial charge in [-0.1, -0.05) is 18.2 Å². The van der Waals surface area contributed by atoms with Crippen LogP contribution in [0.25, 0.3) is 0 Å². The predicted octanol–water partition coefficient (Wildman–Crippen LogP) is 3.37. The monoisotopic (exact) mass is 258 g/mol. The van der Waals surface area contributed by atoms with Gasteiger partial charge in [-0.2, -0.15) is 0 Å². The molecule has 0 aliphatic carbocycles. The van der Waals surface area contributed by atoms with E-state index in [2.05, 4.69) is 48.1 Å². The Kier molecular flexibility index (Phi) is 4.63. The Morgan fingerprint density at radius 1 is 1.21 bits per heavy atom. The summed E-state index contributed by atoms with van der Waals surface area (Å²) in [6, 6.07) is 12.7. The molecule has 0 radical (unpaired) electrons. The zero-order valence-corrected chi connectivity index (χ0v) is 11.9. The number of benzene rings is 1. The average molecular weight is 258 g/mol. The van der Waals surface area contributed by atoms with Crippen molar-refractivity contribution in [3.63, 3.8) is 0 Å². The number of aryl methyl sites for hydroxylation is 1. The van der Waals surface area contributed by atoms with Crippen molar-refractivity contribution in [3.05, 3.63) is 53.9 Å². The Bertz CT molecular complexity index is 519. The molecule has 0 aliphatic heterocycles. The number of ether oxygens (including phenoxy) is 1. The van der Waals surface area contributed by atoms with Crippen molar-refractivity contribution < 1.29 is 4.74 Å². The molecular weight excluding hydrogens is 236 g/mol. The van der Waals surface area contributed by atoms with Crippen molar-refractivity contribution >= 4 is 0 Å². The van der Waals surface area contributed by atoms with E-state index in [-0.39, 0.29) is 6.04 Å². The summed E-state index contributed by atoms with van der Waals surface area (Å²) in [6.45, 7) is 6.19. The molecule has 0 spiro atoms. The fourth-order valence-corrected chi connectivity index (χ4v) is 2.31. The smallest absolute Gasteiger partial charge is 0.123 e. The molecule has 2 rings (SSSR count). The Morgan fingerprint density at radius 3 is 2.74 bits per heavy atom. The molecule has 0 saturated heterocycles. The largest absolute Gasteiger partial charge is 0.496 e. The van der Waals surface area contributed by atoms with Crippen molar-refractivity contribution in [2.24, 2.45) is 0 Å². The first-order chi connectivity index (χ1) is 9.26. The van der Waals surface area contributed by atoms with E-state index in [1.807, 2.05) is 18.2 Å². The third-order valence-corrected chi connectivity index (χ3v) is 3.46. The van der Waals surface area contributed by atoms with E-state index >= 15 is 0 Å². The maximum Gasteiger partial charge on any atom is 0.123 e.